The Morgan fingerprint density at radius 3 is 1.49 bits per heavy atom. The lowest BCUT2D eigenvalue weighted by Gasteiger charge is -2.49. The molecule has 0 radical (unpaired) electrons. The number of unbranched alkanes of at least 4 members (excludes halogenated alkanes) is 1. The molecule has 5 rings (SSSR count). The highest BCUT2D eigenvalue weighted by Gasteiger charge is 2.55. The summed E-state index contributed by atoms with van der Waals surface area (Å²) >= 11 is 0. The Morgan fingerprint density at radius 1 is 0.623 bits per heavy atom. The van der Waals surface area contributed by atoms with Gasteiger partial charge < -0.3 is 110 Å². The summed E-state index contributed by atoms with van der Waals surface area (Å²) in [4.78, 5) is 12.2. The lowest BCUT2D eigenvalue weighted by atomic mass is 9.95. The van der Waals surface area contributed by atoms with Crippen molar-refractivity contribution in [2.45, 2.75) is 149 Å². The summed E-state index contributed by atoms with van der Waals surface area (Å²) in [5.41, 5.74) is 0.168. The Labute approximate surface area is 347 Å². The van der Waals surface area contributed by atoms with Crippen LogP contribution in [-0.4, -0.2) is 222 Å². The molecular weight excluding hydrogens is 829 g/mol. The molecule has 1 aromatic rings. The maximum atomic E-state index is 14.1. The van der Waals surface area contributed by atoms with Gasteiger partial charge in [0.25, 0.3) is 0 Å². The van der Waals surface area contributed by atoms with Gasteiger partial charge in [0.15, 0.2) is 18.9 Å². The standard InChI is InChI=1S/C37H54FNO22/c1-2-3-4-5-21(44)39-15-6-7-16(14(8-15)9-38)54-34-28(51)24(47)31(18(11-41)56-34)60-36-30(53)26(49)33(20(13-43)58-36)61-37-29(52)25(48)32(19(12-42)57-37)59-35-27(50)23(46)22(45)17(10-40)55-35/h1,6-8,17-20,22-37,40-43,45-53H,3-5,9-13H2,(H,39,44)/t17?,18?,19?,20?,22-,23+,24-,25-,26-,27?,28?,29?,30?,31+,32-,33+,34-,35-,36-,37-/m1/s1. The quantitative estimate of drug-likeness (QED) is 0.0511. The zero-order chi connectivity index (χ0) is 44.7. The number of alkyl halides is 1. The van der Waals surface area contributed by atoms with E-state index >= 15 is 0 Å². The normalized spacial score (nSPS) is 41.8. The van der Waals surface area contributed by atoms with Crippen LogP contribution in [0.1, 0.15) is 24.8 Å². The monoisotopic (exact) mass is 883 g/mol. The minimum Gasteiger partial charge on any atom is -0.462 e. The van der Waals surface area contributed by atoms with Gasteiger partial charge in [0.1, 0.15) is 110 Å². The summed E-state index contributed by atoms with van der Waals surface area (Å²) in [5.74, 6) is 1.91. The van der Waals surface area contributed by atoms with Gasteiger partial charge in [-0.1, -0.05) is 0 Å². The Balaban J connectivity index is 1.21. The number of terminal acetylenes is 1. The number of aliphatic hydroxyl groups is 13. The molecule has 8 unspecified atom stereocenters. The van der Waals surface area contributed by atoms with Gasteiger partial charge in [-0.25, -0.2) is 4.39 Å². The molecule has 61 heavy (non-hydrogen) atoms. The predicted octanol–water partition coefficient (Wildman–Crippen LogP) is -6.45. The van der Waals surface area contributed by atoms with Gasteiger partial charge in [0.05, 0.1) is 26.4 Å². The van der Waals surface area contributed by atoms with Crippen LogP contribution in [0, 0.1) is 12.3 Å². The molecule has 1 amide bonds. The lowest BCUT2D eigenvalue weighted by Crippen LogP contribution is -2.67. The first-order valence-corrected chi connectivity index (χ1v) is 19.4. The maximum Gasteiger partial charge on any atom is 0.229 e. The van der Waals surface area contributed by atoms with E-state index in [0.29, 0.717) is 12.8 Å². The van der Waals surface area contributed by atoms with E-state index in [1.54, 1.807) is 0 Å². The molecule has 4 aliphatic heterocycles. The number of aliphatic hydroxyl groups excluding tert-OH is 13. The summed E-state index contributed by atoms with van der Waals surface area (Å²) in [6.45, 7) is -4.66. The number of nitrogens with one attached hydrogen (secondary N) is 1. The van der Waals surface area contributed by atoms with E-state index in [9.17, 15) is 75.6 Å². The first-order valence-electron chi connectivity index (χ1n) is 19.4. The fraction of sp³-hybridized carbons (Fsp3) is 0.757. The molecule has 24 heteroatoms. The second kappa shape index (κ2) is 22.2. The fourth-order valence-corrected chi connectivity index (χ4v) is 7.20. The number of carbonyl (C=O) groups excluding carboxylic acids is 1. The average molecular weight is 884 g/mol. The third kappa shape index (κ3) is 11.1. The molecule has 20 atom stereocenters. The number of carbonyl (C=O) groups is 1. The molecule has 0 aliphatic carbocycles. The maximum absolute atomic E-state index is 14.1. The molecule has 0 bridgehead atoms. The molecule has 0 spiro atoms. The smallest absolute Gasteiger partial charge is 0.229 e. The topological polar surface area (TPSA) is 366 Å². The summed E-state index contributed by atoms with van der Waals surface area (Å²) < 4.78 is 58.7. The van der Waals surface area contributed by atoms with Crippen molar-refractivity contribution in [3.63, 3.8) is 0 Å². The number of benzene rings is 1. The third-order valence-corrected chi connectivity index (χ3v) is 10.6. The summed E-state index contributed by atoms with van der Waals surface area (Å²) in [5, 5.41) is 139. The van der Waals surface area contributed by atoms with E-state index in [2.05, 4.69) is 11.2 Å². The van der Waals surface area contributed by atoms with Crippen LogP contribution in [0.15, 0.2) is 18.2 Å². The van der Waals surface area contributed by atoms with Gasteiger partial charge in [0, 0.05) is 24.1 Å². The zero-order valence-electron chi connectivity index (χ0n) is 32.4. The van der Waals surface area contributed by atoms with E-state index < -0.39 is 156 Å². The summed E-state index contributed by atoms with van der Waals surface area (Å²) in [7, 11) is 0. The number of amides is 1. The van der Waals surface area contributed by atoms with Gasteiger partial charge >= 0.3 is 0 Å². The second-order valence-electron chi connectivity index (χ2n) is 14.8. The molecule has 0 saturated carbocycles. The first-order chi connectivity index (χ1) is 29.1. The number of ether oxygens (including phenoxy) is 8. The van der Waals surface area contributed by atoms with Crippen LogP contribution in [-0.2, 0) is 44.6 Å². The third-order valence-electron chi connectivity index (χ3n) is 10.6. The molecule has 4 saturated heterocycles. The molecule has 0 aromatic heterocycles. The molecule has 4 fully saturated rings. The van der Waals surface area contributed by atoms with Gasteiger partial charge in [0.2, 0.25) is 12.2 Å². The van der Waals surface area contributed by atoms with Crippen LogP contribution in [0.4, 0.5) is 10.1 Å². The Kier molecular flexibility index (Phi) is 17.9. The van der Waals surface area contributed by atoms with Crippen molar-refractivity contribution >= 4 is 11.6 Å². The van der Waals surface area contributed by atoms with Crippen molar-refractivity contribution in [3.8, 4) is 18.1 Å². The molecule has 4 heterocycles. The largest absolute Gasteiger partial charge is 0.462 e. The Hall–Kier alpha value is -2.82. The minimum absolute atomic E-state index is 0.0704. The van der Waals surface area contributed by atoms with E-state index in [0.717, 1.165) is 0 Å². The van der Waals surface area contributed by atoms with E-state index in [4.69, 9.17) is 44.3 Å². The van der Waals surface area contributed by atoms with E-state index in [1.807, 2.05) is 0 Å². The Morgan fingerprint density at radius 2 is 1.05 bits per heavy atom. The van der Waals surface area contributed by atoms with E-state index in [-0.39, 0.29) is 29.3 Å². The lowest BCUT2D eigenvalue weighted by molar-refractivity contribution is -0.387. The molecular formula is C37H54FNO22. The van der Waals surface area contributed by atoms with Crippen molar-refractivity contribution in [3.05, 3.63) is 23.8 Å². The van der Waals surface area contributed by atoms with Crippen molar-refractivity contribution < 1.29 is 113 Å². The van der Waals surface area contributed by atoms with Crippen LogP contribution < -0.4 is 10.1 Å². The Bertz CT molecular complexity index is 1590. The van der Waals surface area contributed by atoms with Gasteiger partial charge in [-0.15, -0.1) is 12.3 Å². The van der Waals surface area contributed by atoms with Crippen LogP contribution >= 0.6 is 0 Å². The van der Waals surface area contributed by atoms with Crippen molar-refractivity contribution in [1.29, 1.82) is 0 Å². The molecule has 23 nitrogen and oxygen atoms in total. The number of rotatable bonds is 17. The predicted molar refractivity (Wildman–Crippen MR) is 195 cm³/mol. The van der Waals surface area contributed by atoms with Crippen LogP contribution in [0.25, 0.3) is 0 Å². The average Bonchev–Trinajstić information content (AvgIpc) is 3.25. The molecule has 1 aromatic carbocycles. The summed E-state index contributed by atoms with van der Waals surface area (Å²) in [6.07, 6.45) is -30.1. The molecule has 346 valence electrons. The van der Waals surface area contributed by atoms with Gasteiger partial charge in [-0.05, 0) is 24.6 Å². The van der Waals surface area contributed by atoms with Crippen molar-refractivity contribution in [2.75, 3.05) is 31.7 Å². The number of anilines is 1. The second-order valence-corrected chi connectivity index (χ2v) is 14.8. The highest BCUT2D eigenvalue weighted by molar-refractivity contribution is 5.90. The zero-order valence-corrected chi connectivity index (χ0v) is 32.4. The number of hydrogen-bond acceptors (Lipinski definition) is 22. The van der Waals surface area contributed by atoms with Crippen LogP contribution in [0.2, 0.25) is 0 Å². The highest BCUT2D eigenvalue weighted by atomic mass is 19.1. The number of halogens is 1. The van der Waals surface area contributed by atoms with Gasteiger partial charge in [-0.2, -0.15) is 0 Å². The fourth-order valence-electron chi connectivity index (χ4n) is 7.20. The SMILES string of the molecule is C#CCCCC(=O)Nc1ccc(O[C@@H]2OC(CO)[C@H](O[C@H]3OC(CO)[C@H](O[C@H]4OC(CO)[C@@H](O[C@H]5OC(CO)[C@@H](O)[C@H](O)C5O)[C@H](O)C4O)[C@H](O)C3O)[C@H](O)C2O)c(CF)c1. The minimum atomic E-state index is -2.09. The van der Waals surface area contributed by atoms with Crippen molar-refractivity contribution in [1.82, 2.24) is 0 Å². The first kappa shape index (κ1) is 49.2. The highest BCUT2D eigenvalue weighted by Crippen LogP contribution is 2.35. The summed E-state index contributed by atoms with van der Waals surface area (Å²) in [6, 6.07) is 3.96. The van der Waals surface area contributed by atoms with Crippen molar-refractivity contribution in [2.24, 2.45) is 0 Å². The van der Waals surface area contributed by atoms with Crippen LogP contribution in [0.3, 0.4) is 0 Å². The van der Waals surface area contributed by atoms with Crippen LogP contribution in [0.5, 0.6) is 5.75 Å². The number of hydrogen-bond donors (Lipinski definition) is 14. The van der Waals surface area contributed by atoms with Gasteiger partial charge in [-0.3, -0.25) is 4.79 Å². The van der Waals surface area contributed by atoms with E-state index in [1.165, 1.54) is 18.2 Å². The molecule has 4 aliphatic rings. The molecule has 14 N–H and O–H groups in total.